The molecule has 1 unspecified atom stereocenters. The van der Waals surface area contributed by atoms with Gasteiger partial charge >= 0.3 is 0 Å². The Morgan fingerprint density at radius 3 is 2.46 bits per heavy atom. The molecule has 4 nitrogen and oxygen atoms in total. The minimum atomic E-state index is -0.345. The number of thiocarbonyl (C=S) groups is 1. The highest BCUT2D eigenvalue weighted by atomic mass is 32.1. The monoisotopic (exact) mass is 203 g/mol. The van der Waals surface area contributed by atoms with Crippen molar-refractivity contribution >= 4 is 23.1 Å². The van der Waals surface area contributed by atoms with Crippen molar-refractivity contribution in [2.75, 3.05) is 14.1 Å². The maximum atomic E-state index is 11.5. The zero-order valence-corrected chi connectivity index (χ0v) is 9.15. The largest absolute Gasteiger partial charge is 0.393 e. The zero-order chi connectivity index (χ0) is 10.4. The van der Waals surface area contributed by atoms with Gasteiger partial charge < -0.3 is 5.73 Å². The number of hydrogen-bond donors (Lipinski definition) is 2. The van der Waals surface area contributed by atoms with E-state index in [0.29, 0.717) is 6.42 Å². The number of hydrogen-bond acceptors (Lipinski definition) is 3. The Morgan fingerprint density at radius 1 is 1.62 bits per heavy atom. The number of carbonyl (C=O) groups is 1. The van der Waals surface area contributed by atoms with E-state index in [1.165, 1.54) is 0 Å². The average Bonchev–Trinajstić information content (AvgIpc) is 1.97. The number of amides is 1. The highest BCUT2D eigenvalue weighted by Crippen LogP contribution is 2.06. The van der Waals surface area contributed by atoms with Crippen LogP contribution >= 0.6 is 12.2 Å². The molecule has 5 heteroatoms. The van der Waals surface area contributed by atoms with E-state index in [0.717, 1.165) is 6.42 Å². The Labute approximate surface area is 84.4 Å². The van der Waals surface area contributed by atoms with Crippen LogP contribution in [0.15, 0.2) is 0 Å². The lowest BCUT2D eigenvalue weighted by Crippen LogP contribution is -2.44. The maximum absolute atomic E-state index is 11.5. The summed E-state index contributed by atoms with van der Waals surface area (Å²) in [6.07, 6.45) is 1.60. The smallest absolute Gasteiger partial charge is 0.244 e. The van der Waals surface area contributed by atoms with Crippen LogP contribution in [0.2, 0.25) is 0 Å². The Balaban J connectivity index is 4.20. The summed E-state index contributed by atoms with van der Waals surface area (Å²) < 4.78 is 0. The lowest BCUT2D eigenvalue weighted by molar-refractivity contribution is -0.126. The molecule has 0 rings (SSSR count). The van der Waals surface area contributed by atoms with Crippen molar-refractivity contribution in [2.24, 2.45) is 11.7 Å². The summed E-state index contributed by atoms with van der Waals surface area (Å²) in [5.74, 6) is -0.471. The third kappa shape index (κ3) is 4.80. The van der Waals surface area contributed by atoms with Gasteiger partial charge in [-0.2, -0.15) is 0 Å². The third-order valence-corrected chi connectivity index (χ3v) is 1.86. The molecule has 0 aromatic carbocycles. The van der Waals surface area contributed by atoms with Gasteiger partial charge in [-0.3, -0.25) is 10.2 Å². The molecule has 1 atom stereocenters. The van der Waals surface area contributed by atoms with Gasteiger partial charge in [0.1, 0.15) is 0 Å². The number of nitrogens with zero attached hydrogens (tertiary/aromatic N) is 1. The van der Waals surface area contributed by atoms with E-state index >= 15 is 0 Å². The van der Waals surface area contributed by atoms with Gasteiger partial charge in [0.25, 0.3) is 0 Å². The summed E-state index contributed by atoms with van der Waals surface area (Å²) in [6.45, 7) is 1.99. The molecule has 0 bridgehead atoms. The van der Waals surface area contributed by atoms with Gasteiger partial charge in [-0.15, -0.1) is 0 Å². The SMILES string of the molecule is CCCC(C(=O)NN(C)C)C(N)=S. The number of nitrogens with one attached hydrogen (secondary N) is 1. The number of hydrazine groups is 1. The van der Waals surface area contributed by atoms with Gasteiger partial charge in [-0.1, -0.05) is 25.6 Å². The molecule has 0 saturated carbocycles. The number of rotatable bonds is 5. The second-order valence-corrected chi connectivity index (χ2v) is 3.59. The van der Waals surface area contributed by atoms with Gasteiger partial charge in [-0.05, 0) is 6.42 Å². The van der Waals surface area contributed by atoms with Crippen LogP contribution in [0.1, 0.15) is 19.8 Å². The fraction of sp³-hybridized carbons (Fsp3) is 0.750. The van der Waals surface area contributed by atoms with E-state index in [1.807, 2.05) is 6.92 Å². The van der Waals surface area contributed by atoms with Crippen LogP contribution in [0.5, 0.6) is 0 Å². The highest BCUT2D eigenvalue weighted by Gasteiger charge is 2.20. The minimum Gasteiger partial charge on any atom is -0.393 e. The zero-order valence-electron chi connectivity index (χ0n) is 8.33. The molecule has 0 aromatic rings. The summed E-state index contributed by atoms with van der Waals surface area (Å²) >= 11 is 4.81. The molecule has 0 fully saturated rings. The van der Waals surface area contributed by atoms with E-state index in [4.69, 9.17) is 18.0 Å². The van der Waals surface area contributed by atoms with Gasteiger partial charge in [0.15, 0.2) is 0 Å². The fourth-order valence-corrected chi connectivity index (χ4v) is 1.21. The van der Waals surface area contributed by atoms with Crippen LogP contribution in [0, 0.1) is 5.92 Å². The second kappa shape index (κ2) is 5.88. The number of carbonyl (C=O) groups excluding carboxylic acids is 1. The molecular formula is C8H17N3OS. The summed E-state index contributed by atoms with van der Waals surface area (Å²) in [5, 5.41) is 1.59. The molecule has 0 aliphatic heterocycles. The molecule has 0 radical (unpaired) electrons. The maximum Gasteiger partial charge on any atom is 0.244 e. The van der Waals surface area contributed by atoms with Gasteiger partial charge in [0, 0.05) is 14.1 Å². The lowest BCUT2D eigenvalue weighted by Gasteiger charge is -2.18. The lowest BCUT2D eigenvalue weighted by atomic mass is 10.0. The summed E-state index contributed by atoms with van der Waals surface area (Å²) in [4.78, 5) is 11.7. The summed E-state index contributed by atoms with van der Waals surface area (Å²) in [6, 6.07) is 0. The van der Waals surface area contributed by atoms with Crippen molar-refractivity contribution in [3.63, 3.8) is 0 Å². The normalized spacial score (nSPS) is 12.6. The summed E-state index contributed by atoms with van der Waals surface area (Å²) in [5.41, 5.74) is 8.09. The van der Waals surface area contributed by atoms with E-state index in [-0.39, 0.29) is 16.8 Å². The highest BCUT2D eigenvalue weighted by molar-refractivity contribution is 7.80. The molecular weight excluding hydrogens is 186 g/mol. The molecule has 0 aliphatic carbocycles. The molecule has 0 saturated heterocycles. The quantitative estimate of drug-likeness (QED) is 0.498. The van der Waals surface area contributed by atoms with Crippen LogP contribution in [-0.2, 0) is 4.79 Å². The molecule has 0 heterocycles. The Bertz CT molecular complexity index is 194. The van der Waals surface area contributed by atoms with Crippen LogP contribution in [0.4, 0.5) is 0 Å². The van der Waals surface area contributed by atoms with Crippen LogP contribution in [0.25, 0.3) is 0 Å². The molecule has 0 aliphatic rings. The van der Waals surface area contributed by atoms with Crippen molar-refractivity contribution in [3.8, 4) is 0 Å². The van der Waals surface area contributed by atoms with Gasteiger partial charge in [0.2, 0.25) is 5.91 Å². The van der Waals surface area contributed by atoms with E-state index in [9.17, 15) is 4.79 Å². The molecule has 0 aromatic heterocycles. The standard InChI is InChI=1S/C8H17N3OS/c1-4-5-6(7(9)13)8(12)10-11(2)3/h6H,4-5H2,1-3H3,(H2,9,13)(H,10,12). The third-order valence-electron chi connectivity index (χ3n) is 1.57. The van der Waals surface area contributed by atoms with E-state index in [1.54, 1.807) is 19.1 Å². The van der Waals surface area contributed by atoms with E-state index in [2.05, 4.69) is 5.43 Å². The predicted molar refractivity (Wildman–Crippen MR) is 57.0 cm³/mol. The first kappa shape index (κ1) is 12.3. The Kier molecular flexibility index (Phi) is 5.57. The van der Waals surface area contributed by atoms with Crippen LogP contribution < -0.4 is 11.2 Å². The van der Waals surface area contributed by atoms with Crippen LogP contribution in [0.3, 0.4) is 0 Å². The first-order valence-electron chi connectivity index (χ1n) is 4.26. The first-order valence-corrected chi connectivity index (χ1v) is 4.67. The Hall–Kier alpha value is -0.680. The predicted octanol–water partition coefficient (Wildman–Crippen LogP) is 0.282. The van der Waals surface area contributed by atoms with Crippen LogP contribution in [-0.4, -0.2) is 30.0 Å². The summed E-state index contributed by atoms with van der Waals surface area (Å²) in [7, 11) is 3.50. The molecule has 13 heavy (non-hydrogen) atoms. The number of nitrogens with two attached hydrogens (primary N) is 1. The topological polar surface area (TPSA) is 58.4 Å². The van der Waals surface area contributed by atoms with Crippen molar-refractivity contribution in [1.29, 1.82) is 0 Å². The average molecular weight is 203 g/mol. The van der Waals surface area contributed by atoms with Crippen molar-refractivity contribution in [3.05, 3.63) is 0 Å². The van der Waals surface area contributed by atoms with E-state index < -0.39 is 0 Å². The van der Waals surface area contributed by atoms with Crippen molar-refractivity contribution in [2.45, 2.75) is 19.8 Å². The molecule has 1 amide bonds. The molecule has 0 spiro atoms. The first-order chi connectivity index (χ1) is 5.99. The van der Waals surface area contributed by atoms with Gasteiger partial charge in [-0.25, -0.2) is 5.01 Å². The fourth-order valence-electron chi connectivity index (χ4n) is 0.990. The Morgan fingerprint density at radius 2 is 2.15 bits per heavy atom. The van der Waals surface area contributed by atoms with Crippen molar-refractivity contribution in [1.82, 2.24) is 10.4 Å². The van der Waals surface area contributed by atoms with Gasteiger partial charge in [0.05, 0.1) is 10.9 Å². The molecule has 3 N–H and O–H groups in total. The second-order valence-electron chi connectivity index (χ2n) is 3.11. The minimum absolute atomic E-state index is 0.126. The molecule has 76 valence electrons. The van der Waals surface area contributed by atoms with Crippen molar-refractivity contribution < 1.29 is 4.79 Å².